The third kappa shape index (κ3) is 27.9. The molecular formula is C68H82N2O19S2. The third-order valence-electron chi connectivity index (χ3n) is 13.5. The summed E-state index contributed by atoms with van der Waals surface area (Å²) in [4.78, 5) is 112. The van der Waals surface area contributed by atoms with Gasteiger partial charge in [-0.25, -0.2) is 19.7 Å². The molecule has 91 heavy (non-hydrogen) atoms. The number of benzene rings is 3. The number of carbonyl (C=O) groups excluding carboxylic acids is 9. The molecule has 0 N–H and O–H groups in total. The lowest BCUT2D eigenvalue weighted by molar-refractivity contribution is -0.152. The number of fused-ring (bicyclic) bond motifs is 1. The zero-order valence-corrected chi connectivity index (χ0v) is 54.5. The second-order valence-corrected chi connectivity index (χ2v) is 22.5. The molecule has 2 fully saturated rings. The molecule has 3 aromatic carbocycles. The van der Waals surface area contributed by atoms with E-state index in [1.807, 2.05) is 52.8 Å². The number of aryl methyl sites for hydroxylation is 1. The van der Waals surface area contributed by atoms with Gasteiger partial charge < -0.3 is 47.4 Å². The molecule has 0 bridgehead atoms. The highest BCUT2D eigenvalue weighted by molar-refractivity contribution is 8.24. The van der Waals surface area contributed by atoms with Crippen LogP contribution >= 0.6 is 23.5 Å². The summed E-state index contributed by atoms with van der Waals surface area (Å²) >= 11 is 2.41. The number of hydrogen-bond donors (Lipinski definition) is 0. The Morgan fingerprint density at radius 1 is 0.560 bits per heavy atom. The highest BCUT2D eigenvalue weighted by atomic mass is 32.2. The Bertz CT molecular complexity index is 3090. The fraction of sp³-hybridized carbons (Fsp3) is 0.456. The molecule has 1 heterocycles. The molecule has 0 unspecified atom stereocenters. The van der Waals surface area contributed by atoms with Crippen molar-refractivity contribution in [1.29, 1.82) is 5.26 Å². The van der Waals surface area contributed by atoms with E-state index in [1.54, 1.807) is 49.4 Å². The predicted octanol–water partition coefficient (Wildman–Crippen LogP) is 12.8. The van der Waals surface area contributed by atoms with Crippen LogP contribution in [0.3, 0.4) is 0 Å². The van der Waals surface area contributed by atoms with Crippen LogP contribution in [0.25, 0.3) is 4.85 Å². The Morgan fingerprint density at radius 2 is 0.923 bits per heavy atom. The lowest BCUT2D eigenvalue weighted by Crippen LogP contribution is -2.30. The Labute approximate surface area is 541 Å². The average Bonchev–Trinajstić information content (AvgIpc) is 1.67. The lowest BCUT2D eigenvalue weighted by Gasteiger charge is -2.26. The van der Waals surface area contributed by atoms with Gasteiger partial charge in [-0.3, -0.25) is 33.6 Å². The maximum atomic E-state index is 13.3. The highest BCUT2D eigenvalue weighted by Gasteiger charge is 2.35. The molecule has 6 rings (SSSR count). The van der Waals surface area contributed by atoms with Gasteiger partial charge >= 0.3 is 53.7 Å². The molecule has 3 aromatic rings. The molecule has 2 aliphatic carbocycles. The van der Waals surface area contributed by atoms with Gasteiger partial charge in [-0.1, -0.05) is 102 Å². The average molecular weight is 1300 g/mol. The largest absolute Gasteiger partial charge is 0.465 e. The molecule has 1 aliphatic heterocycles. The first-order valence-corrected chi connectivity index (χ1v) is 31.8. The van der Waals surface area contributed by atoms with E-state index in [0.29, 0.717) is 92.8 Å². The fourth-order valence-electron chi connectivity index (χ4n) is 8.78. The summed E-state index contributed by atoms with van der Waals surface area (Å²) in [6, 6.07) is 17.6. The van der Waals surface area contributed by atoms with Crippen LogP contribution in [0.4, 0.5) is 0 Å². The number of allylic oxidation sites excluding steroid dienone is 2. The number of ether oxygens (including phenoxy) is 10. The first-order chi connectivity index (χ1) is 43.8. The zero-order chi connectivity index (χ0) is 67.3. The van der Waals surface area contributed by atoms with E-state index in [1.165, 1.54) is 23.5 Å². The van der Waals surface area contributed by atoms with Crippen molar-refractivity contribution in [2.24, 2.45) is 23.7 Å². The predicted molar refractivity (Wildman–Crippen MR) is 339 cm³/mol. The van der Waals surface area contributed by atoms with E-state index >= 15 is 0 Å². The molecular weight excluding hydrogens is 1210 g/mol. The summed E-state index contributed by atoms with van der Waals surface area (Å²) in [5.41, 5.74) is 2.42. The van der Waals surface area contributed by atoms with E-state index in [4.69, 9.17) is 49.2 Å². The number of thioether (sulfide) groups is 2. The standard InChI is InChI=1S/C39H38N2O11S2.C25H32O8.2C2H6/c1-6-31(42)48-19-20-49-33(44)16-15-32(43)47-18-17-25-7-13-28(14-8-25)51-37(45)26-9-11-27(12-10-26)38(46)52-30-21-24(4)34(50-23(2)3)36-35(30)53-39(54-36)29(22-40)41-5;1-3-22(26)31-16-17-32-24(28)13-12-23(27)30-15-14-19-6-10-21(11-7-19)33-25(29)20-8-4-18(2)5-9-20;2*1-2/h6-8,13-14,21,26-27H,1-2,9-12,15-20H2,3-4H3;3,6-7,10-11,18,20H,1,4-5,8-9,12-17H2,2H3;2*1-2H3/b39-29+;;;. The van der Waals surface area contributed by atoms with Crippen LogP contribution in [0, 0.1) is 48.5 Å². The van der Waals surface area contributed by atoms with Gasteiger partial charge in [-0.2, -0.15) is 0 Å². The SMILES string of the molecule is C=CC(=O)OCCOC(=O)CCC(=O)OCCc1ccc(OC(=O)C2CCC(C)CC2)cc1.CC.CC.[C-]#[N+]/C(C#N)=C1\Sc2c(OC(=O)C3CCC(C(=O)Oc4ccc(CCOC(=O)CCC(=O)OCCOC(=O)C=C)cc4)CC3)cc(C)c(OC(=C)C)c2S1. The maximum Gasteiger partial charge on any atom is 0.330 e. The molecule has 23 heteroatoms. The molecule has 0 spiro atoms. The minimum atomic E-state index is -0.625. The minimum absolute atomic E-state index is 0.0210. The van der Waals surface area contributed by atoms with Crippen molar-refractivity contribution < 1.29 is 90.5 Å². The number of nitrogens with zero attached hydrogens (tertiary/aromatic N) is 2. The number of rotatable bonds is 28. The van der Waals surface area contributed by atoms with Crippen molar-refractivity contribution in [1.82, 2.24) is 0 Å². The van der Waals surface area contributed by atoms with Crippen LogP contribution < -0.4 is 18.9 Å². The van der Waals surface area contributed by atoms with Crippen molar-refractivity contribution in [2.75, 3.05) is 39.6 Å². The summed E-state index contributed by atoms with van der Waals surface area (Å²) in [5.74, 6) is -2.42. The van der Waals surface area contributed by atoms with E-state index in [0.717, 1.165) is 49.0 Å². The van der Waals surface area contributed by atoms with Crippen LogP contribution in [-0.2, 0) is 84.4 Å². The summed E-state index contributed by atoms with van der Waals surface area (Å²) < 4.78 is 52.8. The molecule has 2 saturated carbocycles. The highest BCUT2D eigenvalue weighted by Crippen LogP contribution is 2.60. The van der Waals surface area contributed by atoms with Gasteiger partial charge in [0.25, 0.3) is 5.70 Å². The molecule has 0 saturated heterocycles. The van der Waals surface area contributed by atoms with Crippen LogP contribution in [-0.4, -0.2) is 93.4 Å². The maximum absolute atomic E-state index is 13.3. The van der Waals surface area contributed by atoms with Crippen molar-refractivity contribution in [2.45, 2.75) is 148 Å². The summed E-state index contributed by atoms with van der Waals surface area (Å²) in [5, 5.41) is 9.43. The van der Waals surface area contributed by atoms with E-state index in [2.05, 4.69) is 36.2 Å². The van der Waals surface area contributed by atoms with Crippen molar-refractivity contribution in [3.8, 4) is 29.1 Å². The number of carbonyl (C=O) groups is 9. The Balaban J connectivity index is 0.000000500. The van der Waals surface area contributed by atoms with Crippen LogP contribution in [0.15, 0.2) is 112 Å². The second-order valence-electron chi connectivity index (χ2n) is 20.2. The number of nitriles is 1. The Hall–Kier alpha value is -8.67. The first kappa shape index (κ1) is 76.6. The first-order valence-electron chi connectivity index (χ1n) is 30.2. The van der Waals surface area contributed by atoms with Crippen molar-refractivity contribution in [3.05, 3.63) is 130 Å². The molecule has 21 nitrogen and oxygen atoms in total. The topological polar surface area (TPSA) is 274 Å². The van der Waals surface area contributed by atoms with E-state index < -0.39 is 47.7 Å². The van der Waals surface area contributed by atoms with Gasteiger partial charge in [0, 0.05) is 25.0 Å². The third-order valence-corrected chi connectivity index (χ3v) is 16.1. The molecule has 490 valence electrons. The van der Waals surface area contributed by atoms with Gasteiger partial charge in [0.1, 0.15) is 49.4 Å². The molecule has 0 aromatic heterocycles. The van der Waals surface area contributed by atoms with Gasteiger partial charge in [0.2, 0.25) is 0 Å². The van der Waals surface area contributed by atoms with E-state index in [9.17, 15) is 48.4 Å². The zero-order valence-electron chi connectivity index (χ0n) is 52.9. The quantitative estimate of drug-likeness (QED) is 0.00954. The van der Waals surface area contributed by atoms with Gasteiger partial charge in [0.05, 0.1) is 89.1 Å². The monoisotopic (exact) mass is 1290 g/mol. The Kier molecular flexibility index (Phi) is 35.6. The Morgan fingerprint density at radius 3 is 1.30 bits per heavy atom. The van der Waals surface area contributed by atoms with Gasteiger partial charge in [-0.05, 0) is 118 Å². The number of hydrogen-bond acceptors (Lipinski definition) is 22. The normalized spacial score (nSPS) is 16.4. The fourth-order valence-corrected chi connectivity index (χ4v) is 11.3. The summed E-state index contributed by atoms with van der Waals surface area (Å²) in [7, 11) is 0. The lowest BCUT2D eigenvalue weighted by atomic mass is 9.82. The van der Waals surface area contributed by atoms with Crippen molar-refractivity contribution >= 4 is 77.2 Å². The number of esters is 9. The summed E-state index contributed by atoms with van der Waals surface area (Å²) in [6.45, 7) is 31.3. The van der Waals surface area contributed by atoms with Crippen LogP contribution in [0.2, 0.25) is 0 Å². The van der Waals surface area contributed by atoms with Gasteiger partial charge in [0.15, 0.2) is 0 Å². The second kappa shape index (κ2) is 42.3. The van der Waals surface area contributed by atoms with Crippen molar-refractivity contribution in [3.63, 3.8) is 0 Å². The molecule has 0 atom stereocenters. The minimum Gasteiger partial charge on any atom is -0.465 e. The summed E-state index contributed by atoms with van der Waals surface area (Å²) in [6.07, 6.45) is 8.03. The molecule has 0 amide bonds. The smallest absolute Gasteiger partial charge is 0.330 e. The van der Waals surface area contributed by atoms with Crippen LogP contribution in [0.1, 0.15) is 135 Å². The molecule has 0 radical (unpaired) electrons. The van der Waals surface area contributed by atoms with Crippen LogP contribution in [0.5, 0.6) is 23.0 Å². The molecule has 3 aliphatic rings. The van der Waals surface area contributed by atoms with Gasteiger partial charge in [-0.15, -0.1) is 0 Å². The van der Waals surface area contributed by atoms with E-state index in [-0.39, 0.29) is 94.8 Å².